The second-order valence-corrected chi connectivity index (χ2v) is 6.92. The van der Waals surface area contributed by atoms with Crippen molar-refractivity contribution in [1.29, 1.82) is 5.26 Å². The van der Waals surface area contributed by atoms with Crippen LogP contribution in [0.5, 0.6) is 0 Å². The molecule has 0 aromatic carbocycles. The molecule has 0 radical (unpaired) electrons. The van der Waals surface area contributed by atoms with Crippen LogP contribution in [-0.4, -0.2) is 30.5 Å². The zero-order chi connectivity index (χ0) is 18.3. The third kappa shape index (κ3) is 7.74. The summed E-state index contributed by atoms with van der Waals surface area (Å²) < 4.78 is 17.2. The minimum Gasteiger partial charge on any atom is -0.327 e. The molecule has 0 fully saturated rings. The Balaban J connectivity index is 5.06. The van der Waals surface area contributed by atoms with Crippen molar-refractivity contribution in [3.05, 3.63) is 0 Å². The fourth-order valence-corrected chi connectivity index (χ4v) is 3.45. The molecule has 1 atom stereocenters. The van der Waals surface area contributed by atoms with Gasteiger partial charge in [0, 0.05) is 26.2 Å². The molecule has 1 unspecified atom stereocenters. The van der Waals surface area contributed by atoms with Crippen molar-refractivity contribution < 1.29 is 14.2 Å². The van der Waals surface area contributed by atoms with Crippen molar-refractivity contribution in [3.8, 4) is 6.07 Å². The molecule has 0 saturated carbocycles. The van der Waals surface area contributed by atoms with Crippen LogP contribution in [0, 0.1) is 11.3 Å². The maximum absolute atomic E-state index is 9.05. The topological polar surface area (TPSA) is 51.5 Å². The van der Waals surface area contributed by atoms with Gasteiger partial charge in [0.15, 0.2) is 0 Å². The van der Waals surface area contributed by atoms with Gasteiger partial charge in [0.25, 0.3) is 5.97 Å². The summed E-state index contributed by atoms with van der Waals surface area (Å²) in [5.74, 6) is -1.19. The van der Waals surface area contributed by atoms with E-state index < -0.39 is 10.7 Å². The molecule has 0 aromatic heterocycles. The smallest absolute Gasteiger partial charge is 0.298 e. The highest BCUT2D eigenvalue weighted by atomic mass is 32.1. The van der Waals surface area contributed by atoms with Crippen LogP contribution in [0.15, 0.2) is 0 Å². The molecule has 142 valence electrons. The van der Waals surface area contributed by atoms with Gasteiger partial charge in [-0.2, -0.15) is 17.9 Å². The maximum atomic E-state index is 9.05. The van der Waals surface area contributed by atoms with Crippen molar-refractivity contribution in [1.82, 2.24) is 0 Å². The number of nitriles is 1. The van der Waals surface area contributed by atoms with E-state index in [-0.39, 0.29) is 0 Å². The predicted octanol–water partition coefficient (Wildman–Crippen LogP) is 5.47. The molecular weight excluding hydrogens is 322 g/mol. The fraction of sp³-hybridized carbons (Fsp3) is 0.947. The first-order valence-corrected chi connectivity index (χ1v) is 10.0. The molecule has 0 heterocycles. The lowest BCUT2D eigenvalue weighted by Gasteiger charge is -2.45. The molecule has 5 heteroatoms. The van der Waals surface area contributed by atoms with E-state index in [1.807, 2.05) is 20.8 Å². The van der Waals surface area contributed by atoms with Crippen LogP contribution in [0.4, 0.5) is 0 Å². The normalized spacial score (nSPS) is 14.3. The number of hydrogen-bond acceptors (Lipinski definition) is 5. The van der Waals surface area contributed by atoms with E-state index in [4.69, 9.17) is 32.1 Å². The average Bonchev–Trinajstić information content (AvgIpc) is 2.56. The van der Waals surface area contributed by atoms with Gasteiger partial charge in [-0.15, -0.1) is 0 Å². The zero-order valence-electron chi connectivity index (χ0n) is 16.1. The Kier molecular flexibility index (Phi) is 13.8. The van der Waals surface area contributed by atoms with E-state index in [0.29, 0.717) is 32.7 Å². The van der Waals surface area contributed by atoms with E-state index in [2.05, 4.69) is 13.0 Å². The number of thiol groups is 1. The molecule has 0 aliphatic rings. The molecule has 0 bridgehead atoms. The van der Waals surface area contributed by atoms with Gasteiger partial charge in [0.05, 0.1) is 10.8 Å². The summed E-state index contributed by atoms with van der Waals surface area (Å²) in [4.78, 5) is 0. The van der Waals surface area contributed by atoms with Crippen LogP contribution in [0.1, 0.15) is 85.5 Å². The van der Waals surface area contributed by atoms with Gasteiger partial charge in [-0.3, -0.25) is 0 Å². The van der Waals surface area contributed by atoms with Crippen LogP contribution in [-0.2, 0) is 14.2 Å². The fourth-order valence-electron chi connectivity index (χ4n) is 2.99. The molecule has 0 N–H and O–H groups in total. The summed E-state index contributed by atoms with van der Waals surface area (Å²) in [5.41, 5.74) is 0. The van der Waals surface area contributed by atoms with Crippen LogP contribution in [0.2, 0.25) is 0 Å². The lowest BCUT2D eigenvalue weighted by molar-refractivity contribution is -0.393. The third-order valence-corrected chi connectivity index (χ3v) is 4.89. The van der Waals surface area contributed by atoms with E-state index in [0.717, 1.165) is 19.3 Å². The lowest BCUT2D eigenvalue weighted by Crippen LogP contribution is -2.56. The lowest BCUT2D eigenvalue weighted by atomic mass is 9.91. The summed E-state index contributed by atoms with van der Waals surface area (Å²) in [6.07, 6.45) is 9.06. The first-order valence-electron chi connectivity index (χ1n) is 9.56. The average molecular weight is 360 g/mol. The number of rotatable bonds is 16. The Hall–Kier alpha value is -0.280. The van der Waals surface area contributed by atoms with Gasteiger partial charge in [-0.25, -0.2) is 0 Å². The molecule has 24 heavy (non-hydrogen) atoms. The van der Waals surface area contributed by atoms with Gasteiger partial charge in [0.1, 0.15) is 0 Å². The Morgan fingerprint density at radius 3 is 1.75 bits per heavy atom. The molecule has 0 aromatic rings. The van der Waals surface area contributed by atoms with Crippen molar-refractivity contribution in [2.45, 2.75) is 96.2 Å². The van der Waals surface area contributed by atoms with E-state index in [9.17, 15) is 0 Å². The quantitative estimate of drug-likeness (QED) is 0.225. The number of hydrogen-bond donors (Lipinski definition) is 1. The largest absolute Gasteiger partial charge is 0.327 e. The van der Waals surface area contributed by atoms with Crippen LogP contribution in [0.3, 0.4) is 0 Å². The van der Waals surface area contributed by atoms with Crippen molar-refractivity contribution in [3.63, 3.8) is 0 Å². The van der Waals surface area contributed by atoms with Crippen molar-refractivity contribution in [2.75, 3.05) is 19.8 Å². The standard InChI is InChI=1S/C19H37NO3S/c1-5-9-10-11-12-13-15-18(24,16-14-17-20)19(21-6-2,22-7-3)23-8-4/h24H,5-16H2,1-4H3. The monoisotopic (exact) mass is 359 g/mol. The van der Waals surface area contributed by atoms with Gasteiger partial charge in [0.2, 0.25) is 0 Å². The SMILES string of the molecule is CCCCCCCCC(S)(CCC#N)C(OCC)(OCC)OCC. The molecule has 0 aliphatic carbocycles. The maximum Gasteiger partial charge on any atom is 0.298 e. The zero-order valence-corrected chi connectivity index (χ0v) is 17.0. The van der Waals surface area contributed by atoms with Crippen molar-refractivity contribution >= 4 is 12.6 Å². The number of unbranched alkanes of at least 4 members (excludes halogenated alkanes) is 5. The Morgan fingerprint density at radius 1 is 0.792 bits per heavy atom. The minimum absolute atomic E-state index is 0.411. The second kappa shape index (κ2) is 13.9. The van der Waals surface area contributed by atoms with Crippen LogP contribution >= 0.6 is 12.6 Å². The highest BCUT2D eigenvalue weighted by Gasteiger charge is 2.52. The molecule has 0 aliphatic heterocycles. The number of ether oxygens (including phenoxy) is 3. The van der Waals surface area contributed by atoms with E-state index in [1.165, 1.54) is 25.7 Å². The second-order valence-electron chi connectivity index (χ2n) is 6.06. The molecule has 0 saturated heterocycles. The highest BCUT2D eigenvalue weighted by Crippen LogP contribution is 2.43. The molecule has 0 rings (SSSR count). The summed E-state index contributed by atoms with van der Waals surface area (Å²) in [6.45, 7) is 9.44. The summed E-state index contributed by atoms with van der Waals surface area (Å²) in [7, 11) is 0. The predicted molar refractivity (Wildman–Crippen MR) is 102 cm³/mol. The Labute approximate surface area is 154 Å². The first kappa shape index (κ1) is 23.7. The van der Waals surface area contributed by atoms with Crippen LogP contribution in [0.25, 0.3) is 0 Å². The molecule has 0 amide bonds. The van der Waals surface area contributed by atoms with Crippen molar-refractivity contribution in [2.24, 2.45) is 0 Å². The van der Waals surface area contributed by atoms with Gasteiger partial charge in [-0.1, -0.05) is 45.4 Å². The van der Waals surface area contributed by atoms with E-state index in [1.54, 1.807) is 0 Å². The molecule has 0 spiro atoms. The molecule has 4 nitrogen and oxygen atoms in total. The first-order chi connectivity index (χ1) is 11.6. The number of nitrogens with zero attached hydrogens (tertiary/aromatic N) is 1. The summed E-state index contributed by atoms with van der Waals surface area (Å²) in [6, 6.07) is 2.22. The Morgan fingerprint density at radius 2 is 1.29 bits per heavy atom. The summed E-state index contributed by atoms with van der Waals surface area (Å²) in [5, 5.41) is 9.05. The highest BCUT2D eigenvalue weighted by molar-refractivity contribution is 7.81. The van der Waals surface area contributed by atoms with Gasteiger partial charge >= 0.3 is 0 Å². The minimum atomic E-state index is -1.19. The van der Waals surface area contributed by atoms with E-state index >= 15 is 0 Å². The third-order valence-electron chi connectivity index (χ3n) is 4.17. The Bertz CT molecular complexity index is 329. The molecular formula is C19H37NO3S. The van der Waals surface area contributed by atoms with Gasteiger partial charge < -0.3 is 14.2 Å². The summed E-state index contributed by atoms with van der Waals surface area (Å²) >= 11 is 4.95. The van der Waals surface area contributed by atoms with Gasteiger partial charge in [-0.05, 0) is 33.6 Å². The van der Waals surface area contributed by atoms with Crippen LogP contribution < -0.4 is 0 Å².